The van der Waals surface area contributed by atoms with Gasteiger partial charge >= 0.3 is 0 Å². The molecule has 0 amide bonds. The Kier molecular flexibility index (Phi) is 12.9. The standard InChI is InChI=1S/C43H58N3O.ClHO4/c1-7-27-45-37-17-11-9-15-35(37)42(3,4)39(45)23-21-33-19-20-34(41(33)44-29-25-32(26-30-44)14-13-31-47)22-24-40-43(5,6)36-16-10-12-18-38(36)46(40)28-8-2;2-1(3,4)5/h9-12,15-18,21-24,32,47H,7-8,13-14,19-20,25-31H2,1-6H3;(H,2,3,4,5)/q+1;/p-1. The number of aliphatic hydroxyl groups is 1. The molecule has 1 N–H and O–H groups in total. The van der Waals surface area contributed by atoms with E-state index in [0.717, 1.165) is 70.6 Å². The number of para-hydroxylation sites is 2. The van der Waals surface area contributed by atoms with Crippen molar-refractivity contribution in [2.24, 2.45) is 5.92 Å². The molecule has 282 valence electrons. The molecular formula is C43H58ClN3O5. The minimum absolute atomic E-state index is 0.0263. The number of hydrogen-bond acceptors (Lipinski definition) is 7. The van der Waals surface area contributed by atoms with Crippen molar-refractivity contribution in [2.45, 2.75) is 104 Å². The van der Waals surface area contributed by atoms with Gasteiger partial charge < -0.3 is 14.9 Å². The quantitative estimate of drug-likeness (QED) is 0.372. The molecule has 2 fully saturated rings. The van der Waals surface area contributed by atoms with Crippen LogP contribution in [0.3, 0.4) is 0 Å². The fourth-order valence-corrected chi connectivity index (χ4v) is 8.84. The summed E-state index contributed by atoms with van der Waals surface area (Å²) in [5, 5.41) is 9.43. The lowest BCUT2D eigenvalue weighted by molar-refractivity contribution is -2.00. The molecule has 3 heterocycles. The number of aliphatic hydroxyl groups excluding tert-OH is 1. The molecule has 0 radical (unpaired) electrons. The first-order chi connectivity index (χ1) is 24.7. The van der Waals surface area contributed by atoms with E-state index >= 15 is 0 Å². The molecule has 2 aromatic carbocycles. The van der Waals surface area contributed by atoms with Gasteiger partial charge in [0.05, 0.1) is 0 Å². The van der Waals surface area contributed by atoms with E-state index in [-0.39, 0.29) is 10.8 Å². The van der Waals surface area contributed by atoms with Crippen molar-refractivity contribution in [1.82, 2.24) is 0 Å². The van der Waals surface area contributed by atoms with Gasteiger partial charge in [0.15, 0.2) is 0 Å². The summed E-state index contributed by atoms with van der Waals surface area (Å²) >= 11 is 0. The molecule has 52 heavy (non-hydrogen) atoms. The normalized spacial score (nSPS) is 23.9. The Morgan fingerprint density at radius 2 is 1.15 bits per heavy atom. The second kappa shape index (κ2) is 16.8. The van der Waals surface area contributed by atoms with E-state index in [1.807, 2.05) is 0 Å². The van der Waals surface area contributed by atoms with Crippen LogP contribution in [0.25, 0.3) is 0 Å². The van der Waals surface area contributed by atoms with E-state index in [1.54, 1.807) is 0 Å². The van der Waals surface area contributed by atoms with E-state index in [9.17, 15) is 5.11 Å². The van der Waals surface area contributed by atoms with Crippen LogP contribution >= 0.6 is 0 Å². The average Bonchev–Trinajstić information content (AvgIpc) is 3.67. The Morgan fingerprint density at radius 1 is 0.731 bits per heavy atom. The van der Waals surface area contributed by atoms with Crippen molar-refractivity contribution in [2.75, 3.05) is 42.6 Å². The summed E-state index contributed by atoms with van der Waals surface area (Å²) in [7, 11) is -4.94. The molecule has 9 heteroatoms. The third kappa shape index (κ3) is 8.75. The Bertz CT molecular complexity index is 1610. The smallest absolute Gasteiger partial charge is 0.206 e. The second-order valence-electron chi connectivity index (χ2n) is 15.6. The zero-order chi connectivity index (χ0) is 37.7. The van der Waals surface area contributed by atoms with Crippen molar-refractivity contribution < 1.29 is 38.6 Å². The molecule has 1 aliphatic carbocycles. The molecule has 0 unspecified atom stereocenters. The molecule has 0 bridgehead atoms. The van der Waals surface area contributed by atoms with E-state index in [2.05, 4.69) is 129 Å². The summed E-state index contributed by atoms with van der Waals surface area (Å²) in [6.45, 7) is 18.7. The van der Waals surface area contributed by atoms with Crippen LogP contribution < -0.4 is 28.4 Å². The van der Waals surface area contributed by atoms with Crippen LogP contribution in [0.2, 0.25) is 0 Å². The van der Waals surface area contributed by atoms with Gasteiger partial charge in [-0.1, -0.05) is 90.1 Å². The third-order valence-electron chi connectivity index (χ3n) is 11.4. The van der Waals surface area contributed by atoms with Crippen LogP contribution in [0.4, 0.5) is 11.4 Å². The van der Waals surface area contributed by atoms with Gasteiger partial charge in [-0.25, -0.2) is 23.2 Å². The van der Waals surface area contributed by atoms with Crippen molar-refractivity contribution >= 4 is 17.1 Å². The number of piperidine rings is 1. The van der Waals surface area contributed by atoms with Gasteiger partial charge in [-0.15, -0.1) is 10.2 Å². The minimum Gasteiger partial charge on any atom is -0.396 e. The third-order valence-corrected chi connectivity index (χ3v) is 11.4. The van der Waals surface area contributed by atoms with Crippen LogP contribution in [0, 0.1) is 16.2 Å². The number of fused-ring (bicyclic) bond motifs is 2. The van der Waals surface area contributed by atoms with E-state index in [1.165, 1.54) is 63.6 Å². The molecule has 8 nitrogen and oxygen atoms in total. The van der Waals surface area contributed by atoms with E-state index in [0.29, 0.717) is 6.61 Å². The van der Waals surface area contributed by atoms with Gasteiger partial charge in [0.2, 0.25) is 5.71 Å². The summed E-state index contributed by atoms with van der Waals surface area (Å²) in [6, 6.07) is 18.0. The molecule has 4 aliphatic rings. The lowest BCUT2D eigenvalue weighted by atomic mass is 9.83. The highest BCUT2D eigenvalue weighted by Crippen LogP contribution is 2.49. The van der Waals surface area contributed by atoms with Crippen LogP contribution in [0.15, 0.2) is 95.4 Å². The van der Waals surface area contributed by atoms with Gasteiger partial charge in [0.25, 0.3) is 0 Å². The average molecular weight is 732 g/mol. The highest BCUT2D eigenvalue weighted by molar-refractivity contribution is 6.12. The van der Waals surface area contributed by atoms with Gasteiger partial charge in [0.1, 0.15) is 13.1 Å². The fourth-order valence-electron chi connectivity index (χ4n) is 8.84. The first-order valence-electron chi connectivity index (χ1n) is 19.1. The van der Waals surface area contributed by atoms with Gasteiger partial charge in [0, 0.05) is 77.3 Å². The fraction of sp³-hybridized carbons (Fsp3) is 0.512. The maximum absolute atomic E-state index is 9.43. The predicted octanol–water partition coefficient (Wildman–Crippen LogP) is 4.70. The van der Waals surface area contributed by atoms with Crippen molar-refractivity contribution in [3.05, 3.63) is 107 Å². The number of hydrogen-bond donors (Lipinski definition) is 1. The van der Waals surface area contributed by atoms with Gasteiger partial charge in [-0.2, -0.15) is 0 Å². The van der Waals surface area contributed by atoms with Crippen LogP contribution in [-0.4, -0.2) is 48.2 Å². The highest BCUT2D eigenvalue weighted by atomic mass is 35.7. The SMILES string of the molecule is CCCN1C(=CC=C2CC/C(=C\C=C3\N(CCC)c4ccccc4C3(C)C)C2=[N+]2CCC(CCCO)CC2)C(C)(C)c2ccccc21.[O-][Cl+3]([O-])([O-])[O-]. The van der Waals surface area contributed by atoms with Crippen molar-refractivity contribution in [3.63, 3.8) is 0 Å². The molecule has 1 saturated carbocycles. The molecular weight excluding hydrogens is 674 g/mol. The molecule has 0 spiro atoms. The molecule has 2 aromatic rings. The molecule has 3 aliphatic heterocycles. The van der Waals surface area contributed by atoms with E-state index < -0.39 is 10.2 Å². The second-order valence-corrected chi connectivity index (χ2v) is 16.4. The monoisotopic (exact) mass is 731 g/mol. The van der Waals surface area contributed by atoms with Gasteiger partial charge in [-0.05, 0) is 79.9 Å². The summed E-state index contributed by atoms with van der Waals surface area (Å²) in [5.74, 6) is 0.727. The Balaban J connectivity index is 0.000000979. The zero-order valence-electron chi connectivity index (χ0n) is 32.0. The first-order valence-corrected chi connectivity index (χ1v) is 20.4. The predicted molar refractivity (Wildman–Crippen MR) is 200 cm³/mol. The van der Waals surface area contributed by atoms with Crippen molar-refractivity contribution in [3.8, 4) is 0 Å². The number of rotatable bonds is 9. The maximum atomic E-state index is 9.43. The summed E-state index contributed by atoms with van der Waals surface area (Å²) < 4.78 is 36.7. The summed E-state index contributed by atoms with van der Waals surface area (Å²) in [6.07, 6.45) is 18.8. The number of allylic oxidation sites excluding steroid dienone is 8. The Hall–Kier alpha value is -3.24. The Labute approximate surface area is 313 Å². The summed E-state index contributed by atoms with van der Waals surface area (Å²) in [4.78, 5) is 5.13. The molecule has 0 aromatic heterocycles. The highest BCUT2D eigenvalue weighted by Gasteiger charge is 2.41. The van der Waals surface area contributed by atoms with Crippen LogP contribution in [0.1, 0.15) is 104 Å². The first kappa shape index (κ1) is 40.0. The van der Waals surface area contributed by atoms with E-state index in [4.69, 9.17) is 18.6 Å². The zero-order valence-corrected chi connectivity index (χ0v) is 32.8. The van der Waals surface area contributed by atoms with Crippen LogP contribution in [-0.2, 0) is 10.8 Å². The van der Waals surface area contributed by atoms with Gasteiger partial charge in [-0.3, -0.25) is 0 Å². The molecule has 0 atom stereocenters. The Morgan fingerprint density at radius 3 is 1.56 bits per heavy atom. The maximum Gasteiger partial charge on any atom is 0.206 e. The minimum atomic E-state index is -4.94. The molecule has 6 rings (SSSR count). The largest absolute Gasteiger partial charge is 0.396 e. The number of anilines is 2. The number of nitrogens with zero attached hydrogens (tertiary/aromatic N) is 3. The van der Waals surface area contributed by atoms with Crippen LogP contribution in [0.5, 0.6) is 0 Å². The topological polar surface area (TPSA) is 122 Å². The van der Waals surface area contributed by atoms with Crippen molar-refractivity contribution in [1.29, 1.82) is 0 Å². The lowest BCUT2D eigenvalue weighted by Crippen LogP contribution is -2.68. The number of halogens is 1. The molecule has 1 saturated heterocycles. The summed E-state index contributed by atoms with van der Waals surface area (Å²) in [5.41, 5.74) is 12.8. The number of benzene rings is 2. The lowest BCUT2D eigenvalue weighted by Gasteiger charge is -2.27.